The van der Waals surface area contributed by atoms with E-state index >= 15 is 0 Å². The van der Waals surface area contributed by atoms with Gasteiger partial charge in [-0.2, -0.15) is 5.10 Å². The number of hydrogen-bond donors (Lipinski definition) is 1. The zero-order valence-electron chi connectivity index (χ0n) is 11.0. The standard InChI is InChI=1S/C14H17BrClN3/c1-3-7-19-14(12(16)9-18-19)13(17-2)10-5-4-6-11(15)8-10/h4-6,8-9,13,17H,3,7H2,1-2H3. The van der Waals surface area contributed by atoms with E-state index in [0.717, 1.165) is 28.7 Å². The molecule has 0 saturated carbocycles. The molecule has 1 unspecified atom stereocenters. The summed E-state index contributed by atoms with van der Waals surface area (Å²) in [6.45, 7) is 3.00. The van der Waals surface area contributed by atoms with Crippen molar-refractivity contribution in [2.24, 2.45) is 0 Å². The largest absolute Gasteiger partial charge is 0.308 e. The van der Waals surface area contributed by atoms with Crippen LogP contribution in [-0.2, 0) is 6.54 Å². The minimum atomic E-state index is 0.0408. The highest BCUT2D eigenvalue weighted by Crippen LogP contribution is 2.29. The molecule has 0 saturated heterocycles. The lowest BCUT2D eigenvalue weighted by Crippen LogP contribution is -2.22. The minimum Gasteiger partial charge on any atom is -0.308 e. The number of halogens is 2. The van der Waals surface area contributed by atoms with Gasteiger partial charge in [0.05, 0.1) is 23.0 Å². The van der Waals surface area contributed by atoms with Gasteiger partial charge in [0.15, 0.2) is 0 Å². The molecule has 0 spiro atoms. The molecule has 2 aromatic rings. The fourth-order valence-corrected chi connectivity index (χ4v) is 2.86. The first kappa shape index (κ1) is 14.6. The van der Waals surface area contributed by atoms with Gasteiger partial charge in [0.1, 0.15) is 0 Å². The van der Waals surface area contributed by atoms with Gasteiger partial charge in [-0.15, -0.1) is 0 Å². The third kappa shape index (κ3) is 3.19. The number of benzene rings is 1. The van der Waals surface area contributed by atoms with Crippen LogP contribution in [0.1, 0.15) is 30.6 Å². The summed E-state index contributed by atoms with van der Waals surface area (Å²) in [7, 11) is 1.94. The molecule has 0 amide bonds. The zero-order chi connectivity index (χ0) is 13.8. The summed E-state index contributed by atoms with van der Waals surface area (Å²) in [5.74, 6) is 0. The number of aromatic nitrogens is 2. The molecule has 102 valence electrons. The first-order valence-corrected chi connectivity index (χ1v) is 7.48. The highest BCUT2D eigenvalue weighted by molar-refractivity contribution is 9.10. The average molecular weight is 343 g/mol. The van der Waals surface area contributed by atoms with E-state index in [2.05, 4.69) is 45.4 Å². The summed E-state index contributed by atoms with van der Waals surface area (Å²) < 4.78 is 3.03. The topological polar surface area (TPSA) is 29.9 Å². The van der Waals surface area contributed by atoms with Crippen LogP contribution in [0.15, 0.2) is 34.9 Å². The highest BCUT2D eigenvalue weighted by atomic mass is 79.9. The molecule has 0 fully saturated rings. The number of nitrogens with one attached hydrogen (secondary N) is 1. The van der Waals surface area contributed by atoms with Gasteiger partial charge in [-0.3, -0.25) is 4.68 Å². The van der Waals surface area contributed by atoms with Gasteiger partial charge in [0.25, 0.3) is 0 Å². The molecule has 5 heteroatoms. The van der Waals surface area contributed by atoms with E-state index in [0.29, 0.717) is 5.02 Å². The predicted molar refractivity (Wildman–Crippen MR) is 82.6 cm³/mol. The number of aryl methyl sites for hydroxylation is 1. The van der Waals surface area contributed by atoms with Crippen molar-refractivity contribution in [2.45, 2.75) is 25.9 Å². The van der Waals surface area contributed by atoms with Crippen LogP contribution in [-0.4, -0.2) is 16.8 Å². The quantitative estimate of drug-likeness (QED) is 0.889. The van der Waals surface area contributed by atoms with E-state index in [-0.39, 0.29) is 6.04 Å². The van der Waals surface area contributed by atoms with Gasteiger partial charge in [-0.1, -0.05) is 46.6 Å². The van der Waals surface area contributed by atoms with Crippen molar-refractivity contribution >= 4 is 27.5 Å². The van der Waals surface area contributed by atoms with E-state index < -0.39 is 0 Å². The predicted octanol–water partition coefficient (Wildman–Crippen LogP) is 4.02. The number of rotatable bonds is 5. The summed E-state index contributed by atoms with van der Waals surface area (Å²) in [6, 6.07) is 8.27. The molecule has 2 rings (SSSR count). The van der Waals surface area contributed by atoms with Crippen LogP contribution in [0.2, 0.25) is 5.02 Å². The Balaban J connectivity index is 2.44. The van der Waals surface area contributed by atoms with Gasteiger partial charge in [-0.05, 0) is 31.2 Å². The van der Waals surface area contributed by atoms with Crippen LogP contribution in [0, 0.1) is 0 Å². The van der Waals surface area contributed by atoms with Gasteiger partial charge in [0.2, 0.25) is 0 Å². The second-order valence-electron chi connectivity index (χ2n) is 4.38. The molecule has 3 nitrogen and oxygen atoms in total. The lowest BCUT2D eigenvalue weighted by molar-refractivity contribution is 0.534. The van der Waals surface area contributed by atoms with E-state index in [9.17, 15) is 0 Å². The van der Waals surface area contributed by atoms with Crippen molar-refractivity contribution in [3.05, 3.63) is 51.2 Å². The Morgan fingerprint density at radius 3 is 2.89 bits per heavy atom. The van der Waals surface area contributed by atoms with E-state index in [1.807, 2.05) is 23.9 Å². The molecule has 19 heavy (non-hydrogen) atoms. The fraction of sp³-hybridized carbons (Fsp3) is 0.357. The summed E-state index contributed by atoms with van der Waals surface area (Å²) in [5.41, 5.74) is 2.18. The smallest absolute Gasteiger partial charge is 0.0837 e. The Morgan fingerprint density at radius 1 is 1.47 bits per heavy atom. The second-order valence-corrected chi connectivity index (χ2v) is 5.70. The Bertz CT molecular complexity index is 553. The van der Waals surface area contributed by atoms with Crippen LogP contribution in [0.3, 0.4) is 0 Å². The van der Waals surface area contributed by atoms with Crippen LogP contribution < -0.4 is 5.32 Å². The third-order valence-electron chi connectivity index (χ3n) is 3.01. The lowest BCUT2D eigenvalue weighted by atomic mass is 10.0. The molecule has 0 radical (unpaired) electrons. The minimum absolute atomic E-state index is 0.0408. The Labute approximate surface area is 127 Å². The normalized spacial score (nSPS) is 12.6. The molecule has 1 N–H and O–H groups in total. The van der Waals surface area contributed by atoms with Crippen LogP contribution >= 0.6 is 27.5 Å². The highest BCUT2D eigenvalue weighted by Gasteiger charge is 2.20. The third-order valence-corrected chi connectivity index (χ3v) is 3.80. The van der Waals surface area contributed by atoms with Gasteiger partial charge in [-0.25, -0.2) is 0 Å². The van der Waals surface area contributed by atoms with Crippen LogP contribution in [0.5, 0.6) is 0 Å². The Morgan fingerprint density at radius 2 is 2.26 bits per heavy atom. The van der Waals surface area contributed by atoms with Gasteiger partial charge in [0, 0.05) is 11.0 Å². The van der Waals surface area contributed by atoms with Crippen LogP contribution in [0.4, 0.5) is 0 Å². The maximum Gasteiger partial charge on any atom is 0.0837 e. The molecule has 0 aliphatic rings. The molecule has 1 aromatic carbocycles. The van der Waals surface area contributed by atoms with Crippen molar-refractivity contribution in [3.8, 4) is 0 Å². The molecule has 1 aromatic heterocycles. The molecular formula is C14H17BrClN3. The van der Waals surface area contributed by atoms with E-state index in [1.54, 1.807) is 6.20 Å². The number of hydrogen-bond acceptors (Lipinski definition) is 2. The first-order valence-electron chi connectivity index (χ1n) is 6.31. The van der Waals surface area contributed by atoms with Crippen molar-refractivity contribution in [1.82, 2.24) is 15.1 Å². The molecular weight excluding hydrogens is 326 g/mol. The summed E-state index contributed by atoms with van der Waals surface area (Å²) >= 11 is 9.82. The Hall–Kier alpha value is -0.840. The molecule has 0 aliphatic heterocycles. The lowest BCUT2D eigenvalue weighted by Gasteiger charge is -2.19. The van der Waals surface area contributed by atoms with E-state index in [4.69, 9.17) is 11.6 Å². The average Bonchev–Trinajstić information content (AvgIpc) is 2.74. The van der Waals surface area contributed by atoms with Crippen molar-refractivity contribution in [3.63, 3.8) is 0 Å². The molecule has 1 heterocycles. The van der Waals surface area contributed by atoms with Crippen LogP contribution in [0.25, 0.3) is 0 Å². The van der Waals surface area contributed by atoms with Crippen molar-refractivity contribution in [2.75, 3.05) is 7.05 Å². The summed E-state index contributed by atoms with van der Waals surface area (Å²) in [4.78, 5) is 0. The van der Waals surface area contributed by atoms with Gasteiger partial charge < -0.3 is 5.32 Å². The fourth-order valence-electron chi connectivity index (χ4n) is 2.20. The molecule has 1 atom stereocenters. The van der Waals surface area contributed by atoms with E-state index in [1.165, 1.54) is 0 Å². The molecule has 0 bridgehead atoms. The maximum absolute atomic E-state index is 6.31. The maximum atomic E-state index is 6.31. The summed E-state index contributed by atoms with van der Waals surface area (Å²) in [6.07, 6.45) is 2.74. The van der Waals surface area contributed by atoms with Gasteiger partial charge >= 0.3 is 0 Å². The monoisotopic (exact) mass is 341 g/mol. The first-order chi connectivity index (χ1) is 9.17. The Kier molecular flexibility index (Phi) is 5.02. The van der Waals surface area contributed by atoms with Crippen molar-refractivity contribution < 1.29 is 0 Å². The molecule has 0 aliphatic carbocycles. The summed E-state index contributed by atoms with van der Waals surface area (Å²) in [5, 5.41) is 8.38. The second kappa shape index (κ2) is 6.55. The number of nitrogens with zero attached hydrogens (tertiary/aromatic N) is 2. The SMILES string of the molecule is CCCn1ncc(Cl)c1C(NC)c1cccc(Br)c1. The zero-order valence-corrected chi connectivity index (χ0v) is 13.4. The van der Waals surface area contributed by atoms with Crippen molar-refractivity contribution in [1.29, 1.82) is 0 Å².